The van der Waals surface area contributed by atoms with Crippen molar-refractivity contribution in [3.05, 3.63) is 34.9 Å². The predicted molar refractivity (Wildman–Crippen MR) is 74.8 cm³/mol. The number of hydrogen-bond acceptors (Lipinski definition) is 2. The Morgan fingerprint density at radius 3 is 2.89 bits per heavy atom. The second kappa shape index (κ2) is 6.40. The molecule has 3 heteroatoms. The van der Waals surface area contributed by atoms with Crippen molar-refractivity contribution in [3.63, 3.8) is 0 Å². The van der Waals surface area contributed by atoms with Gasteiger partial charge in [0.15, 0.2) is 0 Å². The lowest BCUT2D eigenvalue weighted by molar-refractivity contribution is 0.0938. The number of carbonyl (C=O) groups excluding carboxylic acids is 1. The van der Waals surface area contributed by atoms with E-state index in [1.54, 1.807) is 0 Å². The third kappa shape index (κ3) is 3.59. The van der Waals surface area contributed by atoms with Gasteiger partial charge in [-0.15, -0.1) is 0 Å². The number of aryl methyl sites for hydroxylation is 1. The number of amides is 1. The van der Waals surface area contributed by atoms with Gasteiger partial charge in [-0.3, -0.25) is 4.79 Å². The van der Waals surface area contributed by atoms with Crippen LogP contribution in [-0.2, 0) is 0 Å². The van der Waals surface area contributed by atoms with E-state index < -0.39 is 0 Å². The molecular formula is C16H19NO2. The molecule has 0 heterocycles. The van der Waals surface area contributed by atoms with Gasteiger partial charge in [-0.2, -0.15) is 0 Å². The smallest absolute Gasteiger partial charge is 0.252 e. The summed E-state index contributed by atoms with van der Waals surface area (Å²) in [5, 5.41) is 11.7. The monoisotopic (exact) mass is 257 g/mol. The third-order valence-corrected chi connectivity index (χ3v) is 3.50. The van der Waals surface area contributed by atoms with E-state index in [2.05, 4.69) is 17.2 Å². The van der Waals surface area contributed by atoms with Gasteiger partial charge >= 0.3 is 0 Å². The average molecular weight is 257 g/mol. The van der Waals surface area contributed by atoms with E-state index in [1.165, 1.54) is 19.3 Å². The molecule has 0 aliphatic heterocycles. The molecule has 0 saturated heterocycles. The first kappa shape index (κ1) is 13.6. The van der Waals surface area contributed by atoms with E-state index >= 15 is 0 Å². The SMILES string of the molecule is Cc1ccc(C#CCO)c(C(=O)NCC2CCC2)c1. The molecule has 2 rings (SSSR count). The number of rotatable bonds is 3. The summed E-state index contributed by atoms with van der Waals surface area (Å²) in [6.07, 6.45) is 3.70. The Morgan fingerprint density at radius 2 is 2.26 bits per heavy atom. The van der Waals surface area contributed by atoms with Crippen molar-refractivity contribution in [2.45, 2.75) is 26.2 Å². The van der Waals surface area contributed by atoms with Gasteiger partial charge in [-0.25, -0.2) is 0 Å². The molecule has 1 amide bonds. The molecule has 19 heavy (non-hydrogen) atoms. The number of nitrogens with one attached hydrogen (secondary N) is 1. The van der Waals surface area contributed by atoms with E-state index in [-0.39, 0.29) is 12.5 Å². The first-order chi connectivity index (χ1) is 9.20. The first-order valence-corrected chi connectivity index (χ1v) is 6.69. The third-order valence-electron chi connectivity index (χ3n) is 3.50. The van der Waals surface area contributed by atoms with E-state index in [0.29, 0.717) is 17.0 Å². The van der Waals surface area contributed by atoms with Crippen molar-refractivity contribution in [2.75, 3.05) is 13.2 Å². The molecule has 2 N–H and O–H groups in total. The Labute approximate surface area is 114 Å². The van der Waals surface area contributed by atoms with Crippen LogP contribution in [0.4, 0.5) is 0 Å². The summed E-state index contributed by atoms with van der Waals surface area (Å²) in [6, 6.07) is 5.60. The molecule has 1 saturated carbocycles. The molecule has 1 aliphatic rings. The van der Waals surface area contributed by atoms with Gasteiger partial charge < -0.3 is 10.4 Å². The van der Waals surface area contributed by atoms with Crippen LogP contribution in [0, 0.1) is 24.7 Å². The van der Waals surface area contributed by atoms with Crippen molar-refractivity contribution < 1.29 is 9.90 Å². The fraction of sp³-hybridized carbons (Fsp3) is 0.438. The zero-order chi connectivity index (χ0) is 13.7. The van der Waals surface area contributed by atoms with E-state index in [9.17, 15) is 4.79 Å². The fourth-order valence-corrected chi connectivity index (χ4v) is 2.12. The number of carbonyl (C=O) groups is 1. The summed E-state index contributed by atoms with van der Waals surface area (Å²) < 4.78 is 0. The van der Waals surface area contributed by atoms with Crippen molar-refractivity contribution in [1.82, 2.24) is 5.32 Å². The average Bonchev–Trinajstić information content (AvgIpc) is 2.35. The summed E-state index contributed by atoms with van der Waals surface area (Å²) in [6.45, 7) is 2.50. The summed E-state index contributed by atoms with van der Waals surface area (Å²) >= 11 is 0. The van der Waals surface area contributed by atoms with Crippen LogP contribution in [0.2, 0.25) is 0 Å². The molecule has 1 aliphatic carbocycles. The maximum atomic E-state index is 12.2. The Kier molecular flexibility index (Phi) is 4.59. The molecule has 3 nitrogen and oxygen atoms in total. The van der Waals surface area contributed by atoms with Crippen LogP contribution in [0.3, 0.4) is 0 Å². The Balaban J connectivity index is 2.11. The second-order valence-electron chi connectivity index (χ2n) is 5.02. The molecule has 1 aromatic rings. The molecule has 0 atom stereocenters. The molecule has 0 bridgehead atoms. The minimum absolute atomic E-state index is 0.0714. The predicted octanol–water partition coefficient (Wildman–Crippen LogP) is 1.87. The highest BCUT2D eigenvalue weighted by molar-refractivity contribution is 5.96. The highest BCUT2D eigenvalue weighted by atomic mass is 16.2. The molecule has 100 valence electrons. The molecular weight excluding hydrogens is 238 g/mol. The topological polar surface area (TPSA) is 49.3 Å². The lowest BCUT2D eigenvalue weighted by Gasteiger charge is -2.25. The van der Waals surface area contributed by atoms with E-state index in [1.807, 2.05) is 25.1 Å². The highest BCUT2D eigenvalue weighted by Gasteiger charge is 2.19. The fourth-order valence-electron chi connectivity index (χ4n) is 2.12. The van der Waals surface area contributed by atoms with Gasteiger partial charge in [0.1, 0.15) is 6.61 Å². The van der Waals surface area contributed by atoms with Crippen LogP contribution < -0.4 is 5.32 Å². The maximum absolute atomic E-state index is 12.2. The molecule has 0 aromatic heterocycles. The van der Waals surface area contributed by atoms with Crippen LogP contribution in [0.25, 0.3) is 0 Å². The van der Waals surface area contributed by atoms with Crippen molar-refractivity contribution in [2.24, 2.45) is 5.92 Å². The summed E-state index contributed by atoms with van der Waals surface area (Å²) in [7, 11) is 0. The Morgan fingerprint density at radius 1 is 1.47 bits per heavy atom. The van der Waals surface area contributed by atoms with Gasteiger partial charge in [0.25, 0.3) is 5.91 Å². The van der Waals surface area contributed by atoms with Gasteiger partial charge in [-0.1, -0.05) is 29.9 Å². The van der Waals surface area contributed by atoms with Gasteiger partial charge in [0, 0.05) is 12.1 Å². The van der Waals surface area contributed by atoms with Crippen LogP contribution >= 0.6 is 0 Å². The zero-order valence-corrected chi connectivity index (χ0v) is 11.2. The molecule has 1 aromatic carbocycles. The lowest BCUT2D eigenvalue weighted by atomic mass is 9.85. The Bertz CT molecular complexity index is 521. The van der Waals surface area contributed by atoms with Gasteiger partial charge in [-0.05, 0) is 37.8 Å². The van der Waals surface area contributed by atoms with Crippen molar-refractivity contribution in [1.29, 1.82) is 0 Å². The van der Waals surface area contributed by atoms with Crippen molar-refractivity contribution in [3.8, 4) is 11.8 Å². The Hall–Kier alpha value is -1.79. The minimum atomic E-state index is -0.197. The second-order valence-corrected chi connectivity index (χ2v) is 5.02. The van der Waals surface area contributed by atoms with E-state index in [4.69, 9.17) is 5.11 Å². The highest BCUT2D eigenvalue weighted by Crippen LogP contribution is 2.25. The zero-order valence-electron chi connectivity index (χ0n) is 11.2. The number of aliphatic hydroxyl groups is 1. The normalized spacial score (nSPS) is 14.2. The molecule has 0 unspecified atom stereocenters. The quantitative estimate of drug-likeness (QED) is 0.812. The number of aliphatic hydroxyl groups excluding tert-OH is 1. The minimum Gasteiger partial charge on any atom is -0.384 e. The maximum Gasteiger partial charge on any atom is 0.252 e. The van der Waals surface area contributed by atoms with Crippen LogP contribution in [-0.4, -0.2) is 24.2 Å². The largest absolute Gasteiger partial charge is 0.384 e. The first-order valence-electron chi connectivity index (χ1n) is 6.69. The van der Waals surface area contributed by atoms with Crippen LogP contribution in [0.5, 0.6) is 0 Å². The number of hydrogen-bond donors (Lipinski definition) is 2. The molecule has 0 radical (unpaired) electrons. The van der Waals surface area contributed by atoms with Gasteiger partial charge in [0.05, 0.1) is 5.56 Å². The van der Waals surface area contributed by atoms with Crippen LogP contribution in [0.15, 0.2) is 18.2 Å². The summed E-state index contributed by atoms with van der Waals surface area (Å²) in [4.78, 5) is 12.2. The van der Waals surface area contributed by atoms with Crippen molar-refractivity contribution >= 4 is 5.91 Å². The van der Waals surface area contributed by atoms with Crippen LogP contribution in [0.1, 0.15) is 40.7 Å². The van der Waals surface area contributed by atoms with Gasteiger partial charge in [0.2, 0.25) is 0 Å². The lowest BCUT2D eigenvalue weighted by Crippen LogP contribution is -2.32. The van der Waals surface area contributed by atoms with E-state index in [0.717, 1.165) is 12.1 Å². The summed E-state index contributed by atoms with van der Waals surface area (Å²) in [5.74, 6) is 5.99. The molecule has 1 fully saturated rings. The summed E-state index contributed by atoms with van der Waals surface area (Å²) in [5.41, 5.74) is 2.30. The standard InChI is InChI=1S/C16H19NO2/c1-12-7-8-14(6-3-9-18)15(10-12)16(19)17-11-13-4-2-5-13/h7-8,10,13,18H,2,4-5,9,11H2,1H3,(H,17,19). The number of benzene rings is 1. The molecule has 0 spiro atoms.